The quantitative estimate of drug-likeness (QED) is 0.453. The average Bonchev–Trinajstić information content (AvgIpc) is 3.20. The zero-order valence-corrected chi connectivity index (χ0v) is 20.3. The average molecular weight is 460 g/mol. The SMILES string of the molecule is CC[CH2][Ti](=[SiH2])([Cl])([CH]1C=Cc2ccccc21)[CH]1C=Cc2ccccc21.Cl.Cl. The molecule has 2 aliphatic carbocycles. The second kappa shape index (κ2) is 7.99. The van der Waals surface area contributed by atoms with Crippen LogP contribution < -0.4 is 0 Å². The molecule has 2 aromatic carbocycles. The van der Waals surface area contributed by atoms with Gasteiger partial charge >= 0.3 is 152 Å². The predicted octanol–water partition coefficient (Wildman–Crippen LogP) is 6.59. The molecule has 0 heterocycles. The summed E-state index contributed by atoms with van der Waals surface area (Å²) in [4.78, 5) is 0. The van der Waals surface area contributed by atoms with Crippen molar-refractivity contribution in [1.29, 1.82) is 0 Å². The van der Waals surface area contributed by atoms with Crippen LogP contribution in [0, 0.1) is 0 Å². The second-order valence-corrected chi connectivity index (χ2v) is 28.2. The van der Waals surface area contributed by atoms with Crippen LogP contribution in [-0.4, -0.2) is 7.63 Å². The Morgan fingerprint density at radius 1 is 0.846 bits per heavy atom. The number of hydrogen-bond donors (Lipinski definition) is 0. The van der Waals surface area contributed by atoms with Crippen molar-refractivity contribution in [3.8, 4) is 0 Å². The van der Waals surface area contributed by atoms with E-state index in [-0.39, 0.29) is 24.8 Å². The van der Waals surface area contributed by atoms with E-state index in [1.165, 1.54) is 27.0 Å². The van der Waals surface area contributed by atoms with Gasteiger partial charge in [-0.1, -0.05) is 0 Å². The van der Waals surface area contributed by atoms with Gasteiger partial charge in [0.05, 0.1) is 0 Å². The van der Waals surface area contributed by atoms with Gasteiger partial charge in [-0.2, -0.15) is 0 Å². The first-order chi connectivity index (χ1) is 11.5. The number of benzene rings is 2. The maximum absolute atomic E-state index is 7.86. The van der Waals surface area contributed by atoms with Crippen LogP contribution >= 0.6 is 34.1 Å². The van der Waals surface area contributed by atoms with Gasteiger partial charge in [-0.25, -0.2) is 0 Å². The molecule has 0 saturated carbocycles. The third kappa shape index (κ3) is 3.32. The summed E-state index contributed by atoms with van der Waals surface area (Å²) in [5, 5.41) is 0. The van der Waals surface area contributed by atoms with Gasteiger partial charge < -0.3 is 0 Å². The molecule has 0 amide bonds. The molecule has 2 aliphatic rings. The number of hydrogen-bond acceptors (Lipinski definition) is 0. The summed E-state index contributed by atoms with van der Waals surface area (Å²) in [5.41, 5.74) is 5.62. The van der Waals surface area contributed by atoms with Crippen LogP contribution in [0.15, 0.2) is 60.7 Å². The molecule has 5 heteroatoms. The molecule has 138 valence electrons. The van der Waals surface area contributed by atoms with Gasteiger partial charge in [0.1, 0.15) is 0 Å². The first-order valence-electron chi connectivity index (χ1n) is 8.82. The van der Waals surface area contributed by atoms with Gasteiger partial charge in [-0.05, 0) is 0 Å². The van der Waals surface area contributed by atoms with E-state index in [0.29, 0.717) is 8.45 Å². The van der Waals surface area contributed by atoms with Gasteiger partial charge in [0.25, 0.3) is 0 Å². The van der Waals surface area contributed by atoms with Crippen molar-refractivity contribution < 1.29 is 13.0 Å². The Morgan fingerprint density at radius 2 is 1.27 bits per heavy atom. The van der Waals surface area contributed by atoms with Crippen LogP contribution in [0.3, 0.4) is 0 Å². The third-order valence-electron chi connectivity index (χ3n) is 5.88. The smallest absolute Gasteiger partial charge is 0.147 e. The van der Waals surface area contributed by atoms with Gasteiger partial charge in [-0.15, -0.1) is 24.8 Å². The van der Waals surface area contributed by atoms with Crippen LogP contribution in [0.1, 0.15) is 44.0 Å². The van der Waals surface area contributed by atoms with Crippen LogP contribution in [0.2, 0.25) is 4.73 Å². The van der Waals surface area contributed by atoms with E-state index in [9.17, 15) is 0 Å². The molecule has 26 heavy (non-hydrogen) atoms. The second-order valence-electron chi connectivity index (χ2n) is 7.40. The van der Waals surface area contributed by atoms with Crippen molar-refractivity contribution in [1.82, 2.24) is 0 Å². The summed E-state index contributed by atoms with van der Waals surface area (Å²) in [6.07, 6.45) is 10.6. The molecule has 0 aromatic heterocycles. The van der Waals surface area contributed by atoms with Crippen molar-refractivity contribution >= 4 is 53.9 Å². The van der Waals surface area contributed by atoms with Gasteiger partial charge in [0.15, 0.2) is 0 Å². The van der Waals surface area contributed by atoms with E-state index in [1.807, 2.05) is 0 Å². The topological polar surface area (TPSA) is 0 Å². The van der Waals surface area contributed by atoms with E-state index in [1.54, 1.807) is 0 Å². The minimum absolute atomic E-state index is 0. The van der Waals surface area contributed by atoms with E-state index < -0.39 is 13.0 Å². The first kappa shape index (κ1) is 22.0. The fraction of sp³-hybridized carbons (Fsp3) is 0.238. The van der Waals surface area contributed by atoms with Crippen LogP contribution in [-0.2, 0) is 13.0 Å². The maximum Gasteiger partial charge on any atom is -0.147 e. The van der Waals surface area contributed by atoms with Crippen LogP contribution in [0.25, 0.3) is 12.2 Å². The van der Waals surface area contributed by atoms with Crippen molar-refractivity contribution in [2.75, 3.05) is 0 Å². The monoisotopic (exact) mass is 458 g/mol. The van der Waals surface area contributed by atoms with Crippen molar-refractivity contribution in [2.45, 2.75) is 26.5 Å². The molecule has 2 aromatic rings. The standard InChI is InChI=1S/2C9H7.C3H7.3ClH.H2Si.Ti/c2*1-2-5-9-7-3-6-8(9)4-1;1-3-2;;;;;/h2*1-7H;1,3H2,2H3;3*1H;1H2;/q;;;;;;;+1/p-1. The summed E-state index contributed by atoms with van der Waals surface area (Å²) in [6.45, 7) is 2.29. The van der Waals surface area contributed by atoms with E-state index in [2.05, 4.69) is 87.4 Å². The van der Waals surface area contributed by atoms with Gasteiger partial charge in [0.2, 0.25) is 0 Å². The molecule has 0 fully saturated rings. The molecule has 0 aliphatic heterocycles. The fourth-order valence-electron chi connectivity index (χ4n) is 4.76. The van der Waals surface area contributed by atoms with Crippen molar-refractivity contribution in [2.24, 2.45) is 0 Å². The number of rotatable bonds is 4. The summed E-state index contributed by atoms with van der Waals surface area (Å²) < 4.78 is 2.00. The summed E-state index contributed by atoms with van der Waals surface area (Å²) in [5.74, 6) is 0. The first-order valence-corrected chi connectivity index (χ1v) is 17.9. The number of allylic oxidation sites excluding steroid dienone is 2. The Hall–Kier alpha value is -0.279. The maximum atomic E-state index is 7.86. The van der Waals surface area contributed by atoms with E-state index in [4.69, 9.17) is 9.30 Å². The normalized spacial score (nSPS) is 20.1. The minimum atomic E-state index is -3.40. The van der Waals surface area contributed by atoms with Crippen LogP contribution in [0.4, 0.5) is 0 Å². The summed E-state index contributed by atoms with van der Waals surface area (Å²) in [6, 6.07) is 17.6. The molecule has 2 unspecified atom stereocenters. The Labute approximate surface area is 175 Å². The molecular formula is C21H25Cl3SiTi. The molecule has 0 bridgehead atoms. The summed E-state index contributed by atoms with van der Waals surface area (Å²) >= 11 is -3.40. The fourth-order valence-corrected chi connectivity index (χ4v) is 19.7. The molecule has 4 rings (SSSR count). The Bertz CT molecular complexity index is 867. The molecule has 0 spiro atoms. The Kier molecular flexibility index (Phi) is 6.77. The molecular weight excluding hydrogens is 435 g/mol. The zero-order valence-electron chi connectivity index (χ0n) is 14.9. The number of fused-ring (bicyclic) bond motifs is 2. The largest absolute Gasteiger partial charge is 0.147 e. The Morgan fingerprint density at radius 3 is 1.69 bits per heavy atom. The van der Waals surface area contributed by atoms with E-state index >= 15 is 0 Å². The van der Waals surface area contributed by atoms with Crippen LogP contribution in [0.5, 0.6) is 0 Å². The Balaban J connectivity index is 0.00000121. The zero-order chi connectivity index (χ0) is 16.8. The predicted molar refractivity (Wildman–Crippen MR) is 120 cm³/mol. The molecule has 0 radical (unpaired) electrons. The van der Waals surface area contributed by atoms with Gasteiger partial charge in [0, 0.05) is 0 Å². The number of halogens is 3. The molecule has 2 atom stereocenters. The van der Waals surface area contributed by atoms with Crippen molar-refractivity contribution in [3.63, 3.8) is 0 Å². The third-order valence-corrected chi connectivity index (χ3v) is 22.4. The summed E-state index contributed by atoms with van der Waals surface area (Å²) in [7, 11) is 10.1. The molecule has 0 saturated heterocycles. The van der Waals surface area contributed by atoms with E-state index in [0.717, 1.165) is 6.42 Å². The van der Waals surface area contributed by atoms with Gasteiger partial charge in [-0.3, -0.25) is 0 Å². The minimum Gasteiger partial charge on any atom is -0.147 e. The molecule has 0 N–H and O–H groups in total. The molecule has 0 nitrogen and oxygen atoms in total. The van der Waals surface area contributed by atoms with Crippen molar-refractivity contribution in [3.05, 3.63) is 82.9 Å².